The number of amides is 1. The topological polar surface area (TPSA) is 54.5 Å². The van der Waals surface area contributed by atoms with Crippen molar-refractivity contribution in [3.8, 4) is 5.75 Å². The molecule has 31 heavy (non-hydrogen) atoms. The molecular formula is C24H27N3O2S2. The predicted octanol–water partition coefficient (Wildman–Crippen LogP) is 4.64. The maximum absolute atomic E-state index is 12.8. The largest absolute Gasteiger partial charge is 0.484 e. The lowest BCUT2D eigenvalue weighted by Crippen LogP contribution is -2.38. The van der Waals surface area contributed by atoms with Gasteiger partial charge in [0.1, 0.15) is 16.9 Å². The van der Waals surface area contributed by atoms with Gasteiger partial charge in [0, 0.05) is 29.1 Å². The van der Waals surface area contributed by atoms with Gasteiger partial charge in [-0.1, -0.05) is 17.7 Å². The molecule has 0 saturated carbocycles. The summed E-state index contributed by atoms with van der Waals surface area (Å²) < 4.78 is 6.37. The smallest absolute Gasteiger partial charge is 0.234 e. The number of carbonyl (C=O) groups excluding carboxylic acids is 1. The van der Waals surface area contributed by atoms with Gasteiger partial charge in [-0.3, -0.25) is 9.69 Å². The van der Waals surface area contributed by atoms with E-state index < -0.39 is 0 Å². The monoisotopic (exact) mass is 453 g/mol. The Kier molecular flexibility index (Phi) is 6.07. The molecule has 1 N–H and O–H groups in total. The molecule has 0 fully saturated rings. The lowest BCUT2D eigenvalue weighted by atomic mass is 10.0. The Bertz CT molecular complexity index is 1040. The molecular weight excluding hydrogens is 426 g/mol. The number of aryl methyl sites for hydroxylation is 3. The number of fused-ring (bicyclic) bond motifs is 2. The Labute approximate surface area is 191 Å². The summed E-state index contributed by atoms with van der Waals surface area (Å²) in [6, 6.07) is 8.41. The average molecular weight is 454 g/mol. The third-order valence-electron chi connectivity index (χ3n) is 5.91. The molecule has 1 atom stereocenters. The number of thiophene rings is 1. The molecule has 7 heteroatoms. The molecule has 1 aliphatic carbocycles. The number of nitrogens with one attached hydrogen (secondary N) is 1. The van der Waals surface area contributed by atoms with Gasteiger partial charge in [0.25, 0.3) is 0 Å². The molecule has 1 amide bonds. The zero-order valence-electron chi connectivity index (χ0n) is 17.7. The summed E-state index contributed by atoms with van der Waals surface area (Å²) in [5.74, 6) is 0.950. The van der Waals surface area contributed by atoms with Crippen LogP contribution in [-0.2, 0) is 30.7 Å². The van der Waals surface area contributed by atoms with Crippen LogP contribution in [0.2, 0.25) is 0 Å². The van der Waals surface area contributed by atoms with Crippen LogP contribution in [-0.4, -0.2) is 28.9 Å². The second-order valence-electron chi connectivity index (χ2n) is 8.41. The molecule has 5 rings (SSSR count). The first-order chi connectivity index (χ1) is 15.1. The molecule has 2 aromatic heterocycles. The molecule has 1 aliphatic heterocycles. The summed E-state index contributed by atoms with van der Waals surface area (Å²) in [6.45, 7) is 4.35. The number of hydrogen-bond donors (Lipinski definition) is 1. The van der Waals surface area contributed by atoms with Crippen molar-refractivity contribution in [2.24, 2.45) is 0 Å². The fourth-order valence-corrected chi connectivity index (χ4v) is 6.14. The standard InChI is InChI=1S/C24H27N3O2S2/c1-16-6-7-20-18(10-16)12-27(13-21(29-20)17-8-9-30-15-17)14-23(28)25-11-24-26-19-4-2-3-5-22(19)31-24/h6-10,15,21H,2-5,11-14H2,1H3,(H,25,28). The van der Waals surface area contributed by atoms with E-state index in [1.165, 1.54) is 29.0 Å². The highest BCUT2D eigenvalue weighted by Gasteiger charge is 2.26. The molecule has 1 aromatic carbocycles. The molecule has 0 bridgehead atoms. The van der Waals surface area contributed by atoms with Crippen LogP contribution >= 0.6 is 22.7 Å². The molecule has 162 valence electrons. The van der Waals surface area contributed by atoms with Crippen LogP contribution in [0.15, 0.2) is 35.0 Å². The SMILES string of the molecule is Cc1ccc2c(c1)CN(CC(=O)NCc1nc3c(s1)CCCC3)CC(c1ccsc1)O2. The van der Waals surface area contributed by atoms with Gasteiger partial charge in [0.05, 0.1) is 18.8 Å². The van der Waals surface area contributed by atoms with Crippen molar-refractivity contribution >= 4 is 28.6 Å². The van der Waals surface area contributed by atoms with Gasteiger partial charge in [0.15, 0.2) is 0 Å². The number of aromatic nitrogens is 1. The maximum Gasteiger partial charge on any atom is 0.234 e. The van der Waals surface area contributed by atoms with Crippen molar-refractivity contribution in [3.05, 3.63) is 67.3 Å². The van der Waals surface area contributed by atoms with Crippen LogP contribution in [0.25, 0.3) is 0 Å². The quantitative estimate of drug-likeness (QED) is 0.611. The van der Waals surface area contributed by atoms with Crippen LogP contribution in [0.1, 0.15) is 51.2 Å². The summed E-state index contributed by atoms with van der Waals surface area (Å²) in [7, 11) is 0. The van der Waals surface area contributed by atoms with E-state index in [4.69, 9.17) is 9.72 Å². The van der Waals surface area contributed by atoms with Crippen molar-refractivity contribution in [2.75, 3.05) is 13.1 Å². The van der Waals surface area contributed by atoms with E-state index in [9.17, 15) is 4.79 Å². The second kappa shape index (κ2) is 9.10. The molecule has 0 saturated heterocycles. The average Bonchev–Trinajstić information content (AvgIpc) is 3.39. The van der Waals surface area contributed by atoms with Crippen LogP contribution in [0, 0.1) is 6.92 Å². The summed E-state index contributed by atoms with van der Waals surface area (Å²) in [6.07, 6.45) is 4.62. The van der Waals surface area contributed by atoms with E-state index >= 15 is 0 Å². The first kappa shape index (κ1) is 20.7. The first-order valence-electron chi connectivity index (χ1n) is 10.9. The van der Waals surface area contributed by atoms with E-state index in [1.54, 1.807) is 22.7 Å². The Hall–Kier alpha value is -2.22. The summed E-state index contributed by atoms with van der Waals surface area (Å²) in [5.41, 5.74) is 4.75. The number of nitrogens with zero attached hydrogens (tertiary/aromatic N) is 2. The Morgan fingerprint density at radius 3 is 3.03 bits per heavy atom. The minimum absolute atomic E-state index is 0.0355. The normalized spacial score (nSPS) is 18.5. The van der Waals surface area contributed by atoms with E-state index in [1.807, 2.05) is 0 Å². The highest BCUT2D eigenvalue weighted by atomic mass is 32.1. The molecule has 3 aromatic rings. The van der Waals surface area contributed by atoms with Gasteiger partial charge in [-0.25, -0.2) is 4.98 Å². The lowest BCUT2D eigenvalue weighted by Gasteiger charge is -2.23. The van der Waals surface area contributed by atoms with Gasteiger partial charge >= 0.3 is 0 Å². The minimum Gasteiger partial charge on any atom is -0.484 e. The van der Waals surface area contributed by atoms with Crippen LogP contribution in [0.4, 0.5) is 0 Å². The zero-order chi connectivity index (χ0) is 21.2. The fraction of sp³-hybridized carbons (Fsp3) is 0.417. The van der Waals surface area contributed by atoms with Crippen LogP contribution < -0.4 is 10.1 Å². The summed E-state index contributed by atoms with van der Waals surface area (Å²) in [5, 5.41) is 8.32. The van der Waals surface area contributed by atoms with Crippen LogP contribution in [0.5, 0.6) is 5.75 Å². The van der Waals surface area contributed by atoms with Crippen molar-refractivity contribution in [2.45, 2.75) is 51.8 Å². The zero-order valence-corrected chi connectivity index (χ0v) is 19.4. The second-order valence-corrected chi connectivity index (χ2v) is 10.4. The first-order valence-corrected chi connectivity index (χ1v) is 12.6. The van der Waals surface area contributed by atoms with Crippen LogP contribution in [0.3, 0.4) is 0 Å². The molecule has 3 heterocycles. The molecule has 2 aliphatic rings. The van der Waals surface area contributed by atoms with E-state index in [-0.39, 0.29) is 12.0 Å². The van der Waals surface area contributed by atoms with E-state index in [0.717, 1.165) is 34.7 Å². The minimum atomic E-state index is -0.0753. The third kappa shape index (κ3) is 4.84. The number of rotatable bonds is 5. The summed E-state index contributed by atoms with van der Waals surface area (Å²) in [4.78, 5) is 21.1. The number of thiazole rings is 1. The summed E-state index contributed by atoms with van der Waals surface area (Å²) >= 11 is 3.43. The molecule has 5 nitrogen and oxygen atoms in total. The number of benzene rings is 1. The van der Waals surface area contributed by atoms with Crippen molar-refractivity contribution in [1.82, 2.24) is 15.2 Å². The lowest BCUT2D eigenvalue weighted by molar-refractivity contribution is -0.122. The Morgan fingerprint density at radius 2 is 2.19 bits per heavy atom. The van der Waals surface area contributed by atoms with E-state index in [0.29, 0.717) is 26.2 Å². The van der Waals surface area contributed by atoms with Gasteiger partial charge in [-0.15, -0.1) is 11.3 Å². The van der Waals surface area contributed by atoms with Gasteiger partial charge in [-0.05, 0) is 55.5 Å². The number of hydrogen-bond acceptors (Lipinski definition) is 6. The van der Waals surface area contributed by atoms with Gasteiger partial charge in [0.2, 0.25) is 5.91 Å². The number of ether oxygens (including phenoxy) is 1. The van der Waals surface area contributed by atoms with Crippen molar-refractivity contribution in [1.29, 1.82) is 0 Å². The Balaban J connectivity index is 1.26. The molecule has 1 unspecified atom stereocenters. The van der Waals surface area contributed by atoms with E-state index in [2.05, 4.69) is 52.2 Å². The third-order valence-corrected chi connectivity index (χ3v) is 7.77. The molecule has 0 radical (unpaired) electrons. The number of carbonyl (C=O) groups is 1. The van der Waals surface area contributed by atoms with Gasteiger partial charge < -0.3 is 10.1 Å². The van der Waals surface area contributed by atoms with Crippen molar-refractivity contribution < 1.29 is 9.53 Å². The predicted molar refractivity (Wildman–Crippen MR) is 125 cm³/mol. The molecule has 0 spiro atoms. The van der Waals surface area contributed by atoms with Crippen molar-refractivity contribution in [3.63, 3.8) is 0 Å². The highest BCUT2D eigenvalue weighted by molar-refractivity contribution is 7.11. The fourth-order valence-electron chi connectivity index (χ4n) is 4.34. The Morgan fingerprint density at radius 1 is 1.29 bits per heavy atom. The maximum atomic E-state index is 12.8. The van der Waals surface area contributed by atoms with Gasteiger partial charge in [-0.2, -0.15) is 11.3 Å². The highest BCUT2D eigenvalue weighted by Crippen LogP contribution is 2.32.